The van der Waals surface area contributed by atoms with E-state index in [0.29, 0.717) is 44.8 Å². The molecule has 0 atom stereocenters. The summed E-state index contributed by atoms with van der Waals surface area (Å²) >= 11 is 1.18. The second kappa shape index (κ2) is 11.6. The summed E-state index contributed by atoms with van der Waals surface area (Å²) in [6.07, 6.45) is 1.79. The highest BCUT2D eigenvalue weighted by molar-refractivity contribution is 7.99. The Morgan fingerprint density at radius 2 is 1.70 bits per heavy atom. The van der Waals surface area contributed by atoms with E-state index in [2.05, 4.69) is 10.3 Å². The number of amides is 1. The number of anilines is 1. The first-order chi connectivity index (χ1) is 19.4. The molecule has 0 fully saturated rings. The molecule has 3 aromatic carbocycles. The molecule has 9 nitrogen and oxygen atoms in total. The second-order valence-electron chi connectivity index (χ2n) is 8.92. The molecule has 5 aromatic rings. The molecule has 0 aliphatic heterocycles. The fourth-order valence-electron chi connectivity index (χ4n) is 4.45. The molecule has 0 aliphatic carbocycles. The van der Waals surface area contributed by atoms with E-state index in [1.165, 1.54) is 37.7 Å². The van der Waals surface area contributed by atoms with Gasteiger partial charge >= 0.3 is 0 Å². The Morgan fingerprint density at radius 1 is 0.975 bits per heavy atom. The number of hydrogen-bond donors (Lipinski definition) is 2. The number of H-pyrrole nitrogens is 1. The number of thioether (sulfide) groups is 1. The van der Waals surface area contributed by atoms with Gasteiger partial charge < -0.3 is 24.5 Å². The van der Waals surface area contributed by atoms with E-state index in [4.69, 9.17) is 19.2 Å². The van der Waals surface area contributed by atoms with Crippen LogP contribution in [0.3, 0.4) is 0 Å². The molecule has 10 heteroatoms. The SMILES string of the molecule is COc1cc(NC(=O)CSc2nc3c(-c4ccccc4)c[nH]c3c(=O)n2-c2cccc(C)c2)cc(OC)c1OC. The Kier molecular flexibility index (Phi) is 7.79. The van der Waals surface area contributed by atoms with Crippen LogP contribution in [0.2, 0.25) is 0 Å². The fourth-order valence-corrected chi connectivity index (χ4v) is 5.25. The van der Waals surface area contributed by atoms with Gasteiger partial charge in [-0.05, 0) is 30.2 Å². The molecule has 204 valence electrons. The molecule has 0 saturated heterocycles. The maximum absolute atomic E-state index is 13.8. The summed E-state index contributed by atoms with van der Waals surface area (Å²) in [7, 11) is 4.53. The van der Waals surface area contributed by atoms with E-state index in [9.17, 15) is 9.59 Å². The molecule has 2 heterocycles. The van der Waals surface area contributed by atoms with Crippen LogP contribution in [0, 0.1) is 6.92 Å². The zero-order chi connectivity index (χ0) is 28.2. The smallest absolute Gasteiger partial charge is 0.283 e. The Balaban J connectivity index is 1.51. The van der Waals surface area contributed by atoms with E-state index in [-0.39, 0.29) is 17.2 Å². The molecular formula is C30H28N4O5S. The van der Waals surface area contributed by atoms with Gasteiger partial charge in [-0.15, -0.1) is 0 Å². The number of methoxy groups -OCH3 is 3. The molecule has 1 amide bonds. The second-order valence-corrected chi connectivity index (χ2v) is 9.86. The lowest BCUT2D eigenvalue weighted by atomic mass is 10.1. The van der Waals surface area contributed by atoms with Gasteiger partial charge in [0.15, 0.2) is 16.7 Å². The third-order valence-electron chi connectivity index (χ3n) is 6.29. The van der Waals surface area contributed by atoms with Gasteiger partial charge in [-0.2, -0.15) is 0 Å². The molecular weight excluding hydrogens is 528 g/mol. The molecule has 0 saturated carbocycles. The van der Waals surface area contributed by atoms with Gasteiger partial charge in [-0.25, -0.2) is 4.98 Å². The number of nitrogens with one attached hydrogen (secondary N) is 2. The summed E-state index contributed by atoms with van der Waals surface area (Å²) in [6, 6.07) is 20.7. The van der Waals surface area contributed by atoms with Crippen molar-refractivity contribution in [2.75, 3.05) is 32.4 Å². The normalized spacial score (nSPS) is 10.9. The summed E-state index contributed by atoms with van der Waals surface area (Å²) in [4.78, 5) is 34.9. The third kappa shape index (κ3) is 5.26. The number of aryl methyl sites for hydroxylation is 1. The van der Waals surface area contributed by atoms with Crippen molar-refractivity contribution in [2.24, 2.45) is 0 Å². The van der Waals surface area contributed by atoms with Gasteiger partial charge in [0.25, 0.3) is 5.56 Å². The lowest BCUT2D eigenvalue weighted by Crippen LogP contribution is -2.23. The maximum atomic E-state index is 13.8. The minimum atomic E-state index is -0.290. The van der Waals surface area contributed by atoms with Crippen molar-refractivity contribution in [1.29, 1.82) is 0 Å². The summed E-state index contributed by atoms with van der Waals surface area (Å²) in [5.74, 6) is 0.989. The molecule has 0 bridgehead atoms. The monoisotopic (exact) mass is 556 g/mol. The summed E-state index contributed by atoms with van der Waals surface area (Å²) < 4.78 is 17.7. The summed E-state index contributed by atoms with van der Waals surface area (Å²) in [6.45, 7) is 1.96. The number of benzene rings is 3. The van der Waals surface area contributed by atoms with Crippen LogP contribution in [0.15, 0.2) is 82.9 Å². The van der Waals surface area contributed by atoms with E-state index in [0.717, 1.165) is 16.7 Å². The Labute approximate surface area is 235 Å². The predicted octanol–water partition coefficient (Wildman–Crippen LogP) is 5.45. The van der Waals surface area contributed by atoms with Crippen LogP contribution in [0.4, 0.5) is 5.69 Å². The van der Waals surface area contributed by atoms with Crippen LogP contribution in [0.25, 0.3) is 27.8 Å². The number of nitrogens with zero attached hydrogens (tertiary/aromatic N) is 2. The zero-order valence-electron chi connectivity index (χ0n) is 22.5. The minimum Gasteiger partial charge on any atom is -0.493 e. The largest absolute Gasteiger partial charge is 0.493 e. The van der Waals surface area contributed by atoms with Gasteiger partial charge in [-0.1, -0.05) is 54.2 Å². The molecule has 0 spiro atoms. The van der Waals surface area contributed by atoms with Crippen LogP contribution >= 0.6 is 11.8 Å². The van der Waals surface area contributed by atoms with E-state index >= 15 is 0 Å². The third-order valence-corrected chi connectivity index (χ3v) is 7.23. The van der Waals surface area contributed by atoms with E-state index in [1.807, 2.05) is 61.5 Å². The highest BCUT2D eigenvalue weighted by Crippen LogP contribution is 2.40. The standard InChI is InChI=1S/C30H28N4O5S/c1-18-9-8-12-21(13-18)34-29(36)27-26(22(16-31-27)19-10-6-5-7-11-19)33-30(34)40-17-25(35)32-20-14-23(37-2)28(39-4)24(15-20)38-3/h5-16,31H,17H2,1-4H3,(H,32,35). The van der Waals surface area contributed by atoms with Crippen molar-refractivity contribution in [2.45, 2.75) is 12.1 Å². The topological polar surface area (TPSA) is 107 Å². The van der Waals surface area contributed by atoms with Crippen LogP contribution < -0.4 is 25.1 Å². The summed E-state index contributed by atoms with van der Waals surface area (Å²) in [5, 5.41) is 3.27. The van der Waals surface area contributed by atoms with Crippen molar-refractivity contribution >= 4 is 34.4 Å². The molecule has 5 rings (SSSR count). The first kappa shape index (κ1) is 26.9. The molecule has 0 unspecified atom stereocenters. The van der Waals surface area contributed by atoms with Crippen molar-refractivity contribution in [3.8, 4) is 34.1 Å². The number of ether oxygens (including phenoxy) is 3. The number of hydrogen-bond acceptors (Lipinski definition) is 7. The van der Waals surface area contributed by atoms with Crippen molar-refractivity contribution in [3.05, 3.63) is 88.8 Å². The van der Waals surface area contributed by atoms with Crippen LogP contribution in [-0.4, -0.2) is 47.5 Å². The van der Waals surface area contributed by atoms with Gasteiger partial charge in [0, 0.05) is 29.6 Å². The lowest BCUT2D eigenvalue weighted by Gasteiger charge is -2.15. The highest BCUT2D eigenvalue weighted by Gasteiger charge is 2.20. The number of aromatic nitrogens is 3. The summed E-state index contributed by atoms with van der Waals surface area (Å²) in [5.41, 5.74) is 4.60. The minimum absolute atomic E-state index is 0.00547. The predicted molar refractivity (Wildman–Crippen MR) is 157 cm³/mol. The van der Waals surface area contributed by atoms with E-state index < -0.39 is 0 Å². The fraction of sp³-hybridized carbons (Fsp3) is 0.167. The van der Waals surface area contributed by atoms with Crippen molar-refractivity contribution < 1.29 is 19.0 Å². The van der Waals surface area contributed by atoms with Gasteiger partial charge in [0.2, 0.25) is 11.7 Å². The van der Waals surface area contributed by atoms with Gasteiger partial charge in [-0.3, -0.25) is 14.2 Å². The maximum Gasteiger partial charge on any atom is 0.283 e. The molecule has 2 N–H and O–H groups in total. The average molecular weight is 557 g/mol. The number of carbonyl (C=O) groups excluding carboxylic acids is 1. The first-order valence-corrected chi connectivity index (χ1v) is 13.4. The molecule has 40 heavy (non-hydrogen) atoms. The number of rotatable bonds is 9. The quantitative estimate of drug-likeness (QED) is 0.184. The number of carbonyl (C=O) groups is 1. The zero-order valence-corrected chi connectivity index (χ0v) is 23.3. The van der Waals surface area contributed by atoms with Gasteiger partial charge in [0.1, 0.15) is 11.0 Å². The van der Waals surface area contributed by atoms with Gasteiger partial charge in [0.05, 0.1) is 32.8 Å². The highest BCUT2D eigenvalue weighted by atomic mass is 32.2. The lowest BCUT2D eigenvalue weighted by molar-refractivity contribution is -0.113. The molecule has 0 aliphatic rings. The van der Waals surface area contributed by atoms with Crippen LogP contribution in [0.1, 0.15) is 5.56 Å². The number of aromatic amines is 1. The Bertz CT molecular complexity index is 1720. The first-order valence-electron chi connectivity index (χ1n) is 12.4. The van der Waals surface area contributed by atoms with Crippen molar-refractivity contribution in [3.63, 3.8) is 0 Å². The Hall–Kier alpha value is -4.70. The molecule has 2 aromatic heterocycles. The number of fused-ring (bicyclic) bond motifs is 1. The van der Waals surface area contributed by atoms with E-state index in [1.54, 1.807) is 18.3 Å². The van der Waals surface area contributed by atoms with Crippen LogP contribution in [0.5, 0.6) is 17.2 Å². The molecule has 0 radical (unpaired) electrons. The average Bonchev–Trinajstić information content (AvgIpc) is 3.40. The van der Waals surface area contributed by atoms with Crippen molar-refractivity contribution in [1.82, 2.24) is 14.5 Å². The Morgan fingerprint density at radius 3 is 2.35 bits per heavy atom. The van der Waals surface area contributed by atoms with Crippen LogP contribution in [-0.2, 0) is 4.79 Å².